The molecular formula is C93H74F3N19O6S. The minimum absolute atomic E-state index is 0.209. The van der Waals surface area contributed by atoms with Crippen LogP contribution in [0, 0.1) is 70.1 Å². The number of aromatic nitrogens is 16. The summed E-state index contributed by atoms with van der Waals surface area (Å²) < 4.78 is 51.1. The molecule has 11 heterocycles. The van der Waals surface area contributed by atoms with Crippen LogP contribution >= 0.6 is 11.3 Å². The van der Waals surface area contributed by atoms with E-state index in [4.69, 9.17) is 0 Å². The lowest BCUT2D eigenvalue weighted by molar-refractivity contribution is -0.143. The predicted molar refractivity (Wildman–Crippen MR) is 459 cm³/mol. The van der Waals surface area contributed by atoms with Crippen LogP contribution in [0.5, 0.6) is 0 Å². The predicted octanol–water partition coefficient (Wildman–Crippen LogP) is 14.0. The number of nitrogens with zero attached hydrogens (tertiary/aromatic N) is 16. The van der Waals surface area contributed by atoms with Crippen LogP contribution in [0.3, 0.4) is 0 Å². The van der Waals surface area contributed by atoms with Gasteiger partial charge in [-0.15, -0.1) is 11.3 Å². The Balaban J connectivity index is 0.000000143. The molecule has 0 aliphatic rings. The van der Waals surface area contributed by atoms with E-state index in [9.17, 15) is 41.9 Å². The monoisotopic (exact) mass is 1640 g/mol. The molecule has 25 nitrogen and oxygen atoms in total. The van der Waals surface area contributed by atoms with Crippen molar-refractivity contribution in [2.45, 2.75) is 79.7 Å². The first kappa shape index (κ1) is 81.3. The van der Waals surface area contributed by atoms with E-state index in [-0.39, 0.29) is 45.1 Å². The lowest BCUT2D eigenvalue weighted by atomic mass is 10.0. The van der Waals surface area contributed by atoms with Crippen molar-refractivity contribution in [2.75, 3.05) is 0 Å². The van der Waals surface area contributed by atoms with Gasteiger partial charge >= 0.3 is 6.18 Å². The number of para-hydroxylation sites is 3. The number of rotatable bonds is 12. The number of benzene rings is 6. The Hall–Kier alpha value is -15.8. The number of amides is 3. The summed E-state index contributed by atoms with van der Waals surface area (Å²) in [6.07, 6.45) is 8.12. The topological polar surface area (TPSA) is 288 Å². The summed E-state index contributed by atoms with van der Waals surface area (Å²) >= 11 is 1.47. The first-order valence-electron chi connectivity index (χ1n) is 38.4. The summed E-state index contributed by atoms with van der Waals surface area (Å²) in [6.45, 7) is 14.5. The standard InChI is InChI=1S/C32H24F3N7O2.C31H24N6O2S.C30H26N6O2/c1-19(38-30(43)26-20(2)39-41-16-8-15-36-29(26)41)25-17-22-10-7-9-21(13-14-23-18-37-40(3)28(23)32(33,34)35)27(22)31(44)42(25)24-11-5-4-6-12-24;1-19(34-30(38)27-21(3)35-36-16-8-15-32-29(27)36)25-17-23-10-7-9-22(13-14-26-20(2)33-18-40-26)28(23)31(39)37(25)24-11-5-4-6-12-24;1-19-16-31-28(21(3)33-19)29(37)34-20(2)26-15-24-10-8-9-23(14-13-22-17-32-35(4)18-22)27(24)30(38)36(26)25-11-6-5-7-12-25/h4-12,15-19H,1-3H3,(H,38,43);4-12,15-19H,1-3H3,(H,34,38);5-12,15-18,20H,1-4H3,(H,34,37)/t2*19-;20-/m000/s1. The number of thiazole rings is 1. The average molecular weight is 1640 g/mol. The molecule has 3 N–H and O–H groups in total. The molecule has 0 radical (unpaired) electrons. The summed E-state index contributed by atoms with van der Waals surface area (Å²) in [5.41, 5.74) is 10.7. The van der Waals surface area contributed by atoms with Gasteiger partial charge in [-0.05, 0) is 162 Å². The third kappa shape index (κ3) is 16.6. The fraction of sp³-hybridized carbons (Fsp3) is 0.151. The molecule has 29 heteroatoms. The zero-order chi connectivity index (χ0) is 85.8. The lowest BCUT2D eigenvalue weighted by Crippen LogP contribution is -2.33. The number of aryl methyl sites for hydroxylation is 7. The Morgan fingerprint density at radius 1 is 0.451 bits per heavy atom. The highest BCUT2D eigenvalue weighted by Gasteiger charge is 2.37. The number of nitrogens with one attached hydrogen (secondary N) is 3. The molecule has 604 valence electrons. The van der Waals surface area contributed by atoms with Crippen LogP contribution in [-0.4, -0.2) is 95.1 Å². The number of hydrogen-bond acceptors (Lipinski definition) is 16. The fourth-order valence-corrected chi connectivity index (χ4v) is 15.1. The van der Waals surface area contributed by atoms with E-state index < -0.39 is 41.5 Å². The Morgan fingerprint density at radius 3 is 1.29 bits per heavy atom. The average Bonchev–Trinajstić information content (AvgIpc) is 1.29. The van der Waals surface area contributed by atoms with Crippen molar-refractivity contribution < 1.29 is 27.6 Å². The Morgan fingerprint density at radius 2 is 0.877 bits per heavy atom. The van der Waals surface area contributed by atoms with E-state index in [0.717, 1.165) is 43.5 Å². The molecule has 11 aromatic heterocycles. The molecule has 0 bridgehead atoms. The molecule has 3 atom stereocenters. The van der Waals surface area contributed by atoms with E-state index in [1.807, 2.05) is 156 Å². The lowest BCUT2D eigenvalue weighted by Gasteiger charge is -2.21. The molecule has 0 spiro atoms. The van der Waals surface area contributed by atoms with Gasteiger partial charge in [-0.1, -0.05) is 121 Å². The van der Waals surface area contributed by atoms with Gasteiger partial charge in [0.15, 0.2) is 17.0 Å². The zero-order valence-corrected chi connectivity index (χ0v) is 68.1. The quantitative estimate of drug-likeness (QED) is 0.0958. The third-order valence-electron chi connectivity index (χ3n) is 20.2. The largest absolute Gasteiger partial charge is 0.434 e. The summed E-state index contributed by atoms with van der Waals surface area (Å²) in [7, 11) is 3.02. The summed E-state index contributed by atoms with van der Waals surface area (Å²) in [5, 5.41) is 28.9. The molecule has 6 aromatic carbocycles. The number of alkyl halides is 3. The van der Waals surface area contributed by atoms with E-state index >= 15 is 0 Å². The number of pyridine rings is 3. The molecular weight excluding hydrogens is 1570 g/mol. The molecule has 0 aliphatic heterocycles. The molecule has 17 rings (SSSR count). The van der Waals surface area contributed by atoms with Gasteiger partial charge in [0.1, 0.15) is 16.8 Å². The summed E-state index contributed by atoms with van der Waals surface area (Å²) in [5.74, 6) is 16.9. The minimum atomic E-state index is -4.65. The van der Waals surface area contributed by atoms with Gasteiger partial charge in [-0.25, -0.2) is 29.0 Å². The Bertz CT molecular complexity index is 7390. The molecule has 0 saturated carbocycles. The summed E-state index contributed by atoms with van der Waals surface area (Å²) in [6, 6.07) is 51.3. The Labute approximate surface area is 698 Å². The van der Waals surface area contributed by atoms with Crippen molar-refractivity contribution in [1.29, 1.82) is 0 Å². The van der Waals surface area contributed by atoms with E-state index in [2.05, 4.69) is 96.8 Å². The molecule has 17 aromatic rings. The van der Waals surface area contributed by atoms with Crippen LogP contribution in [0.4, 0.5) is 13.2 Å². The van der Waals surface area contributed by atoms with Gasteiger partial charge in [-0.2, -0.15) is 33.6 Å². The molecule has 0 saturated heterocycles. The molecule has 0 aliphatic carbocycles. The second kappa shape index (κ2) is 34.4. The van der Waals surface area contributed by atoms with Crippen molar-refractivity contribution in [3.8, 4) is 52.6 Å². The van der Waals surface area contributed by atoms with Crippen molar-refractivity contribution in [3.63, 3.8) is 0 Å². The highest BCUT2D eigenvalue weighted by atomic mass is 32.1. The van der Waals surface area contributed by atoms with Crippen LogP contribution in [-0.2, 0) is 20.3 Å². The third-order valence-corrected chi connectivity index (χ3v) is 21.0. The van der Waals surface area contributed by atoms with Crippen LogP contribution in [0.25, 0.3) is 60.7 Å². The van der Waals surface area contributed by atoms with Gasteiger partial charge in [0.25, 0.3) is 34.4 Å². The fourth-order valence-electron chi connectivity index (χ4n) is 14.5. The minimum Gasteiger partial charge on any atom is -0.344 e. The van der Waals surface area contributed by atoms with Crippen molar-refractivity contribution in [3.05, 3.63) is 363 Å². The number of carbonyl (C=O) groups is 3. The van der Waals surface area contributed by atoms with E-state index in [1.54, 1.807) is 149 Å². The van der Waals surface area contributed by atoms with Gasteiger partial charge in [0, 0.05) is 102 Å². The molecule has 0 fully saturated rings. The van der Waals surface area contributed by atoms with Gasteiger partial charge in [0.2, 0.25) is 0 Å². The highest BCUT2D eigenvalue weighted by molar-refractivity contribution is 7.10. The number of hydrogen-bond donors (Lipinski definition) is 3. The van der Waals surface area contributed by atoms with Crippen molar-refractivity contribution >= 4 is 72.7 Å². The van der Waals surface area contributed by atoms with Crippen LogP contribution < -0.4 is 32.6 Å². The van der Waals surface area contributed by atoms with Gasteiger partial charge in [-0.3, -0.25) is 56.8 Å². The highest BCUT2D eigenvalue weighted by Crippen LogP contribution is 2.33. The SMILES string of the molecule is Cc1cnc(C(=O)N[C@@H](C)c2cc3cccc(C#Cc4cnn(C)c4)c3c(=O)n2-c2ccccc2)c(C)n1.Cc1ncsc1C#Cc1cccc2cc([C@H](C)NC(=O)c3c(C)nn4cccnc34)n(-c3ccccc3)c(=O)c12.Cc1nn2cccnc2c1C(=O)N[C@@H](C)c1cc2cccc(C#Cc3cnn(C)c3C(F)(F)F)c2c(=O)n1-c1ccccc1. The Kier molecular flexibility index (Phi) is 22.9. The van der Waals surface area contributed by atoms with Gasteiger partial charge < -0.3 is 16.0 Å². The summed E-state index contributed by atoms with van der Waals surface area (Å²) in [4.78, 5) is 105. The van der Waals surface area contributed by atoms with Crippen molar-refractivity contribution in [1.82, 2.24) is 93.4 Å². The number of fused-ring (bicyclic) bond motifs is 5. The van der Waals surface area contributed by atoms with Gasteiger partial charge in [0.05, 0.1) is 96.7 Å². The van der Waals surface area contributed by atoms with Crippen LogP contribution in [0.2, 0.25) is 0 Å². The zero-order valence-electron chi connectivity index (χ0n) is 67.3. The van der Waals surface area contributed by atoms with E-state index in [0.29, 0.717) is 101 Å². The maximum Gasteiger partial charge on any atom is 0.434 e. The second-order valence-electron chi connectivity index (χ2n) is 28.6. The maximum atomic E-state index is 14.2. The van der Waals surface area contributed by atoms with E-state index in [1.165, 1.54) is 27.5 Å². The van der Waals surface area contributed by atoms with Crippen LogP contribution in [0.1, 0.15) is 154 Å². The van der Waals surface area contributed by atoms with Crippen molar-refractivity contribution in [2.24, 2.45) is 14.1 Å². The first-order valence-corrected chi connectivity index (χ1v) is 39.2. The molecule has 122 heavy (non-hydrogen) atoms. The number of halogens is 3. The normalized spacial score (nSPS) is 11.9. The number of carbonyl (C=O) groups excluding carboxylic acids is 3. The second-order valence-corrected chi connectivity index (χ2v) is 29.5. The first-order chi connectivity index (χ1) is 58.8. The molecule has 3 amide bonds. The molecule has 0 unspecified atom stereocenters. The maximum absolute atomic E-state index is 14.2. The smallest absolute Gasteiger partial charge is 0.344 e. The van der Waals surface area contributed by atoms with Crippen LogP contribution in [0.15, 0.2) is 245 Å².